The van der Waals surface area contributed by atoms with Crippen molar-refractivity contribution in [3.8, 4) is 0 Å². The van der Waals surface area contributed by atoms with E-state index in [2.05, 4.69) is 32.6 Å². The lowest BCUT2D eigenvalue weighted by Crippen LogP contribution is -2.35. The summed E-state index contributed by atoms with van der Waals surface area (Å²) in [4.78, 5) is 15.8. The highest BCUT2D eigenvalue weighted by Gasteiger charge is 2.21. The molecule has 1 aliphatic heterocycles. The van der Waals surface area contributed by atoms with Crippen LogP contribution < -0.4 is 0 Å². The predicted octanol–water partition coefficient (Wildman–Crippen LogP) is -1.02. The van der Waals surface area contributed by atoms with Gasteiger partial charge >= 0.3 is 0 Å². The lowest BCUT2D eigenvalue weighted by Gasteiger charge is -2.18. The highest BCUT2D eigenvalue weighted by Crippen LogP contribution is 2.04. The van der Waals surface area contributed by atoms with Crippen LogP contribution >= 0.6 is 0 Å². The molecule has 0 spiro atoms. The van der Waals surface area contributed by atoms with Gasteiger partial charge in [-0.3, -0.25) is 4.79 Å². The average molecular weight is 210 g/mol. The molecule has 0 radical (unpaired) electrons. The molecule has 0 bridgehead atoms. The number of carbonyl (C=O) groups excluding carboxylic acids is 1. The first-order valence-corrected chi connectivity index (χ1v) is 4.98. The van der Waals surface area contributed by atoms with E-state index in [1.54, 1.807) is 4.90 Å². The molecule has 2 heterocycles. The quantitative estimate of drug-likeness (QED) is 0.641. The Morgan fingerprint density at radius 2 is 2.20 bits per heavy atom. The SMILES string of the molecule is CN1CCCN(C(=O)c2nn[nH]n2)CC1. The summed E-state index contributed by atoms with van der Waals surface area (Å²) in [7, 11) is 2.06. The minimum Gasteiger partial charge on any atom is -0.334 e. The molecule has 2 rings (SSSR count). The van der Waals surface area contributed by atoms with Gasteiger partial charge in [-0.1, -0.05) is 0 Å². The van der Waals surface area contributed by atoms with E-state index in [0.29, 0.717) is 0 Å². The first-order valence-electron chi connectivity index (χ1n) is 4.98. The molecule has 1 N–H and O–H groups in total. The molecule has 7 heteroatoms. The second-order valence-corrected chi connectivity index (χ2v) is 3.68. The Morgan fingerprint density at radius 1 is 1.33 bits per heavy atom. The van der Waals surface area contributed by atoms with Gasteiger partial charge in [0.15, 0.2) is 0 Å². The summed E-state index contributed by atoms with van der Waals surface area (Å²) < 4.78 is 0. The third-order valence-electron chi connectivity index (χ3n) is 2.54. The molecule has 7 nitrogen and oxygen atoms in total. The second kappa shape index (κ2) is 4.35. The highest BCUT2D eigenvalue weighted by atomic mass is 16.2. The number of aromatic nitrogens is 4. The first kappa shape index (κ1) is 10.0. The summed E-state index contributed by atoms with van der Waals surface area (Å²) in [5, 5.41) is 13.0. The van der Waals surface area contributed by atoms with Gasteiger partial charge in [0.25, 0.3) is 11.7 Å². The Bertz CT molecular complexity index is 324. The third-order valence-corrected chi connectivity index (χ3v) is 2.54. The number of rotatable bonds is 1. The van der Waals surface area contributed by atoms with Crippen molar-refractivity contribution in [3.63, 3.8) is 0 Å². The molecule has 1 aromatic heterocycles. The van der Waals surface area contributed by atoms with E-state index < -0.39 is 0 Å². The van der Waals surface area contributed by atoms with Gasteiger partial charge in [-0.15, -0.1) is 10.2 Å². The van der Waals surface area contributed by atoms with E-state index >= 15 is 0 Å². The number of likely N-dealkylation sites (N-methyl/N-ethyl adjacent to an activating group) is 1. The van der Waals surface area contributed by atoms with Gasteiger partial charge in [0.2, 0.25) is 0 Å². The maximum absolute atomic E-state index is 11.8. The highest BCUT2D eigenvalue weighted by molar-refractivity contribution is 5.90. The number of aromatic amines is 1. The van der Waals surface area contributed by atoms with Crippen LogP contribution in [0.5, 0.6) is 0 Å². The van der Waals surface area contributed by atoms with Gasteiger partial charge in [-0.05, 0) is 25.2 Å². The molecule has 0 saturated carbocycles. The first-order chi connectivity index (χ1) is 7.27. The van der Waals surface area contributed by atoms with E-state index in [9.17, 15) is 4.79 Å². The monoisotopic (exact) mass is 210 g/mol. The van der Waals surface area contributed by atoms with Gasteiger partial charge in [-0.25, -0.2) is 0 Å². The largest absolute Gasteiger partial charge is 0.334 e. The Kier molecular flexibility index (Phi) is 2.91. The van der Waals surface area contributed by atoms with Crippen molar-refractivity contribution in [2.24, 2.45) is 0 Å². The normalized spacial score (nSPS) is 18.9. The van der Waals surface area contributed by atoms with E-state index in [1.165, 1.54) is 0 Å². The molecule has 1 amide bonds. The van der Waals surface area contributed by atoms with E-state index in [-0.39, 0.29) is 11.7 Å². The zero-order chi connectivity index (χ0) is 10.7. The molecule has 1 aliphatic rings. The summed E-state index contributed by atoms with van der Waals surface area (Å²) in [6.07, 6.45) is 0.986. The number of carbonyl (C=O) groups is 1. The maximum Gasteiger partial charge on any atom is 0.295 e. The number of H-pyrrole nitrogens is 1. The van der Waals surface area contributed by atoms with E-state index in [1.807, 2.05) is 0 Å². The molecular formula is C8H14N6O. The summed E-state index contributed by atoms with van der Waals surface area (Å²) in [5.41, 5.74) is 0. The molecule has 1 fully saturated rings. The van der Waals surface area contributed by atoms with E-state index in [0.717, 1.165) is 32.6 Å². The summed E-state index contributed by atoms with van der Waals surface area (Å²) in [6.45, 7) is 3.40. The number of nitrogens with one attached hydrogen (secondary N) is 1. The average Bonchev–Trinajstić information content (AvgIpc) is 2.67. The standard InChI is InChI=1S/C8H14N6O/c1-13-3-2-4-14(6-5-13)8(15)7-9-11-12-10-7/h2-6H2,1H3,(H,9,10,11,12). The lowest BCUT2D eigenvalue weighted by atomic mass is 10.3. The number of hydrogen-bond donors (Lipinski definition) is 1. The van der Waals surface area contributed by atoms with Crippen LogP contribution in [0.1, 0.15) is 17.0 Å². The Morgan fingerprint density at radius 3 is 2.93 bits per heavy atom. The molecule has 1 saturated heterocycles. The van der Waals surface area contributed by atoms with Crippen molar-refractivity contribution in [1.29, 1.82) is 0 Å². The number of tetrazole rings is 1. The molecule has 1 aromatic rings. The molecule has 82 valence electrons. The molecular weight excluding hydrogens is 196 g/mol. The van der Waals surface area contributed by atoms with Gasteiger partial charge in [0.1, 0.15) is 0 Å². The Hall–Kier alpha value is -1.50. The number of nitrogens with zero attached hydrogens (tertiary/aromatic N) is 5. The van der Waals surface area contributed by atoms with E-state index in [4.69, 9.17) is 0 Å². The van der Waals surface area contributed by atoms with Gasteiger partial charge in [0.05, 0.1) is 0 Å². The molecule has 0 aromatic carbocycles. The van der Waals surface area contributed by atoms with Crippen molar-refractivity contribution in [2.75, 3.05) is 33.2 Å². The fourth-order valence-electron chi connectivity index (χ4n) is 1.64. The summed E-state index contributed by atoms with van der Waals surface area (Å²) in [6, 6.07) is 0. The van der Waals surface area contributed by atoms with Crippen molar-refractivity contribution in [2.45, 2.75) is 6.42 Å². The zero-order valence-corrected chi connectivity index (χ0v) is 8.68. The van der Waals surface area contributed by atoms with Crippen LogP contribution in [-0.4, -0.2) is 69.6 Å². The van der Waals surface area contributed by atoms with Gasteiger partial charge in [-0.2, -0.15) is 5.21 Å². The van der Waals surface area contributed by atoms with Gasteiger partial charge in [0, 0.05) is 19.6 Å². The predicted molar refractivity (Wildman–Crippen MR) is 52.2 cm³/mol. The van der Waals surface area contributed by atoms with Crippen LogP contribution in [0.15, 0.2) is 0 Å². The number of amides is 1. The third kappa shape index (κ3) is 2.30. The van der Waals surface area contributed by atoms with Crippen molar-refractivity contribution >= 4 is 5.91 Å². The summed E-state index contributed by atoms with van der Waals surface area (Å²) in [5.74, 6) is 0.0126. The van der Waals surface area contributed by atoms with Crippen LogP contribution in [0, 0.1) is 0 Å². The van der Waals surface area contributed by atoms with Crippen molar-refractivity contribution in [1.82, 2.24) is 30.4 Å². The smallest absolute Gasteiger partial charge is 0.295 e. The zero-order valence-electron chi connectivity index (χ0n) is 8.68. The molecule has 0 unspecified atom stereocenters. The molecule has 0 atom stereocenters. The lowest BCUT2D eigenvalue weighted by molar-refractivity contribution is 0.0750. The van der Waals surface area contributed by atoms with Gasteiger partial charge < -0.3 is 9.80 Å². The Labute approximate surface area is 87.4 Å². The molecule has 0 aliphatic carbocycles. The minimum atomic E-state index is -0.140. The minimum absolute atomic E-state index is 0.140. The van der Waals surface area contributed by atoms with Crippen LogP contribution in [0.3, 0.4) is 0 Å². The van der Waals surface area contributed by atoms with Crippen LogP contribution in [0.2, 0.25) is 0 Å². The Balaban J connectivity index is 2.01. The fourth-order valence-corrected chi connectivity index (χ4v) is 1.64. The second-order valence-electron chi connectivity index (χ2n) is 3.68. The number of hydrogen-bond acceptors (Lipinski definition) is 5. The maximum atomic E-state index is 11.8. The fraction of sp³-hybridized carbons (Fsp3) is 0.750. The van der Waals surface area contributed by atoms with Crippen LogP contribution in [-0.2, 0) is 0 Å². The van der Waals surface area contributed by atoms with Crippen molar-refractivity contribution < 1.29 is 4.79 Å². The van der Waals surface area contributed by atoms with Crippen molar-refractivity contribution in [3.05, 3.63) is 5.82 Å². The summed E-state index contributed by atoms with van der Waals surface area (Å²) >= 11 is 0. The topological polar surface area (TPSA) is 78.0 Å². The van der Waals surface area contributed by atoms with Crippen LogP contribution in [0.25, 0.3) is 0 Å². The molecule has 15 heavy (non-hydrogen) atoms. The van der Waals surface area contributed by atoms with Crippen LogP contribution in [0.4, 0.5) is 0 Å².